The van der Waals surface area contributed by atoms with Crippen LogP contribution in [0.15, 0.2) is 12.7 Å². The molecule has 2 atom stereocenters. The van der Waals surface area contributed by atoms with Crippen molar-refractivity contribution in [1.29, 1.82) is 0 Å². The van der Waals surface area contributed by atoms with Crippen molar-refractivity contribution in [3.63, 3.8) is 0 Å². The molecule has 0 heterocycles. The van der Waals surface area contributed by atoms with Crippen molar-refractivity contribution >= 4 is 12.1 Å². The Morgan fingerprint density at radius 3 is 2.71 bits per heavy atom. The SMILES string of the molecule is C=CCOC(=O)N[C@@H]1C[C@H](CC(=O)O)C1(C)C. The number of rotatable bonds is 5. The second-order valence-corrected chi connectivity index (χ2v) is 4.94. The summed E-state index contributed by atoms with van der Waals surface area (Å²) in [4.78, 5) is 22.0. The van der Waals surface area contributed by atoms with Crippen LogP contribution in [0.25, 0.3) is 0 Å². The van der Waals surface area contributed by atoms with Crippen molar-refractivity contribution in [2.45, 2.75) is 32.7 Å². The maximum atomic E-state index is 11.3. The van der Waals surface area contributed by atoms with Gasteiger partial charge in [-0.05, 0) is 17.8 Å². The zero-order valence-corrected chi connectivity index (χ0v) is 10.2. The van der Waals surface area contributed by atoms with Gasteiger partial charge in [-0.3, -0.25) is 4.79 Å². The zero-order chi connectivity index (χ0) is 13.1. The molecule has 1 saturated carbocycles. The predicted molar refractivity (Wildman–Crippen MR) is 62.6 cm³/mol. The minimum Gasteiger partial charge on any atom is -0.481 e. The molecule has 1 aliphatic rings. The first-order valence-corrected chi connectivity index (χ1v) is 5.64. The van der Waals surface area contributed by atoms with E-state index in [9.17, 15) is 9.59 Å². The molecule has 1 fully saturated rings. The lowest BCUT2D eigenvalue weighted by atomic mass is 9.57. The van der Waals surface area contributed by atoms with Gasteiger partial charge in [-0.25, -0.2) is 4.79 Å². The molecular formula is C12H19NO4. The fraction of sp³-hybridized carbons (Fsp3) is 0.667. The summed E-state index contributed by atoms with van der Waals surface area (Å²) in [6, 6.07) is -0.0239. The Morgan fingerprint density at radius 2 is 2.24 bits per heavy atom. The van der Waals surface area contributed by atoms with Gasteiger partial charge in [0.05, 0.1) is 0 Å². The first-order chi connectivity index (χ1) is 7.87. The van der Waals surface area contributed by atoms with Gasteiger partial charge in [0.15, 0.2) is 0 Å². The molecule has 0 aromatic heterocycles. The van der Waals surface area contributed by atoms with Crippen LogP contribution >= 0.6 is 0 Å². The van der Waals surface area contributed by atoms with Crippen LogP contribution in [0.1, 0.15) is 26.7 Å². The number of hydrogen-bond donors (Lipinski definition) is 2. The van der Waals surface area contributed by atoms with Crippen molar-refractivity contribution in [3.8, 4) is 0 Å². The van der Waals surface area contributed by atoms with Gasteiger partial charge in [0.2, 0.25) is 0 Å². The quantitative estimate of drug-likeness (QED) is 0.719. The van der Waals surface area contributed by atoms with E-state index < -0.39 is 12.1 Å². The Balaban J connectivity index is 2.41. The number of aliphatic carboxylic acids is 1. The summed E-state index contributed by atoms with van der Waals surface area (Å²) in [5, 5.41) is 11.5. The number of carboxylic acids is 1. The highest BCUT2D eigenvalue weighted by Gasteiger charge is 2.49. The third-order valence-electron chi connectivity index (χ3n) is 3.52. The lowest BCUT2D eigenvalue weighted by Gasteiger charge is -2.51. The number of amides is 1. The molecule has 2 N–H and O–H groups in total. The Hall–Kier alpha value is -1.52. The van der Waals surface area contributed by atoms with Crippen molar-refractivity contribution < 1.29 is 19.4 Å². The van der Waals surface area contributed by atoms with Crippen molar-refractivity contribution in [3.05, 3.63) is 12.7 Å². The van der Waals surface area contributed by atoms with Gasteiger partial charge >= 0.3 is 12.1 Å². The number of ether oxygens (including phenoxy) is 1. The molecule has 0 bridgehead atoms. The minimum atomic E-state index is -0.796. The summed E-state index contributed by atoms with van der Waals surface area (Å²) < 4.78 is 4.82. The number of carboxylic acid groups (broad SMARTS) is 1. The van der Waals surface area contributed by atoms with Gasteiger partial charge in [0.25, 0.3) is 0 Å². The maximum Gasteiger partial charge on any atom is 0.407 e. The van der Waals surface area contributed by atoms with Gasteiger partial charge in [0.1, 0.15) is 6.61 Å². The number of nitrogens with one attached hydrogen (secondary N) is 1. The Bertz CT molecular complexity index is 324. The zero-order valence-electron chi connectivity index (χ0n) is 10.2. The van der Waals surface area contributed by atoms with Crippen LogP contribution < -0.4 is 5.32 Å². The van der Waals surface area contributed by atoms with Gasteiger partial charge < -0.3 is 15.2 Å². The summed E-state index contributed by atoms with van der Waals surface area (Å²) in [5.41, 5.74) is -0.203. The maximum absolute atomic E-state index is 11.3. The molecule has 1 rings (SSSR count). The summed E-state index contributed by atoms with van der Waals surface area (Å²) in [6.45, 7) is 7.55. The molecule has 17 heavy (non-hydrogen) atoms. The third kappa shape index (κ3) is 3.22. The topological polar surface area (TPSA) is 75.6 Å². The van der Waals surface area contributed by atoms with Gasteiger partial charge in [-0.2, -0.15) is 0 Å². The minimum absolute atomic E-state index is 0.0239. The van der Waals surface area contributed by atoms with E-state index in [0.717, 1.165) is 0 Å². The molecular weight excluding hydrogens is 222 g/mol. The lowest BCUT2D eigenvalue weighted by Crippen LogP contribution is -2.58. The molecule has 0 radical (unpaired) electrons. The number of carbonyl (C=O) groups excluding carboxylic acids is 1. The van der Waals surface area contributed by atoms with Gasteiger partial charge in [-0.1, -0.05) is 26.5 Å². The summed E-state index contributed by atoms with van der Waals surface area (Å²) in [5.74, 6) is -0.694. The summed E-state index contributed by atoms with van der Waals surface area (Å²) in [6.07, 6.45) is 1.85. The highest BCUT2D eigenvalue weighted by atomic mass is 16.5. The van der Waals surface area contributed by atoms with E-state index in [1.807, 2.05) is 13.8 Å². The normalized spacial score (nSPS) is 25.5. The van der Waals surface area contributed by atoms with E-state index >= 15 is 0 Å². The van der Waals surface area contributed by atoms with Crippen LogP contribution in [0, 0.1) is 11.3 Å². The lowest BCUT2D eigenvalue weighted by molar-refractivity contribution is -0.141. The highest BCUT2D eigenvalue weighted by Crippen LogP contribution is 2.47. The highest BCUT2D eigenvalue weighted by molar-refractivity contribution is 5.69. The number of alkyl carbamates (subject to hydrolysis) is 1. The van der Waals surface area contributed by atoms with Crippen LogP contribution in [0.5, 0.6) is 0 Å². The predicted octanol–water partition coefficient (Wildman–Crippen LogP) is 1.79. The first-order valence-electron chi connectivity index (χ1n) is 5.64. The fourth-order valence-corrected chi connectivity index (χ4v) is 2.14. The van der Waals surface area contributed by atoms with E-state index in [1.54, 1.807) is 0 Å². The van der Waals surface area contributed by atoms with Gasteiger partial charge in [0, 0.05) is 12.5 Å². The second-order valence-electron chi connectivity index (χ2n) is 4.94. The van der Waals surface area contributed by atoms with Gasteiger partial charge in [-0.15, -0.1) is 0 Å². The van der Waals surface area contributed by atoms with Crippen molar-refractivity contribution in [2.75, 3.05) is 6.61 Å². The van der Waals surface area contributed by atoms with Crippen LogP contribution in [0.3, 0.4) is 0 Å². The molecule has 0 unspecified atom stereocenters. The summed E-state index contributed by atoms with van der Waals surface area (Å²) >= 11 is 0. The molecule has 1 aliphatic carbocycles. The smallest absolute Gasteiger partial charge is 0.407 e. The largest absolute Gasteiger partial charge is 0.481 e. The summed E-state index contributed by atoms with van der Waals surface area (Å²) in [7, 11) is 0. The third-order valence-corrected chi connectivity index (χ3v) is 3.52. The molecule has 96 valence electrons. The number of hydrogen-bond acceptors (Lipinski definition) is 3. The molecule has 5 heteroatoms. The van der Waals surface area contributed by atoms with E-state index in [4.69, 9.17) is 9.84 Å². The molecule has 1 amide bonds. The van der Waals surface area contributed by atoms with E-state index in [-0.39, 0.29) is 30.4 Å². The van der Waals surface area contributed by atoms with Crippen LogP contribution in [-0.4, -0.2) is 29.8 Å². The molecule has 5 nitrogen and oxygen atoms in total. The van der Waals surface area contributed by atoms with Crippen LogP contribution in [0.4, 0.5) is 4.79 Å². The monoisotopic (exact) mass is 241 g/mol. The average Bonchev–Trinajstić information content (AvgIpc) is 2.24. The van der Waals surface area contributed by atoms with Crippen molar-refractivity contribution in [1.82, 2.24) is 5.32 Å². The van der Waals surface area contributed by atoms with E-state index in [0.29, 0.717) is 6.42 Å². The molecule has 0 aromatic carbocycles. The standard InChI is InChI=1S/C12H19NO4/c1-4-5-17-11(16)13-9-6-8(7-10(14)15)12(9,2)3/h4,8-9H,1,5-7H2,2-3H3,(H,13,16)(H,14,15)/t8-,9-/m1/s1. The fourth-order valence-electron chi connectivity index (χ4n) is 2.14. The molecule has 0 spiro atoms. The van der Waals surface area contributed by atoms with E-state index in [1.165, 1.54) is 6.08 Å². The average molecular weight is 241 g/mol. The molecule has 0 aliphatic heterocycles. The van der Waals surface area contributed by atoms with Crippen LogP contribution in [-0.2, 0) is 9.53 Å². The Labute approximate surface area is 101 Å². The second kappa shape index (κ2) is 5.21. The van der Waals surface area contributed by atoms with E-state index in [2.05, 4.69) is 11.9 Å². The Kier molecular flexibility index (Phi) is 4.15. The number of carbonyl (C=O) groups is 2. The van der Waals surface area contributed by atoms with Crippen LogP contribution in [0.2, 0.25) is 0 Å². The molecule has 0 saturated heterocycles. The molecule has 0 aromatic rings. The Morgan fingerprint density at radius 1 is 1.59 bits per heavy atom. The first kappa shape index (κ1) is 13.5. The van der Waals surface area contributed by atoms with Crippen molar-refractivity contribution in [2.24, 2.45) is 11.3 Å².